The third kappa shape index (κ3) is 5.62. The van der Waals surface area contributed by atoms with Gasteiger partial charge in [-0.05, 0) is 94.1 Å². The van der Waals surface area contributed by atoms with Crippen molar-refractivity contribution in [1.82, 2.24) is 15.2 Å². The Morgan fingerprint density at radius 3 is 2.53 bits per heavy atom. The Labute approximate surface area is 213 Å². The van der Waals surface area contributed by atoms with Crippen LogP contribution in [0.5, 0.6) is 0 Å². The van der Waals surface area contributed by atoms with Gasteiger partial charge in [0.05, 0.1) is 22.2 Å². The number of alkyl halides is 3. The molecule has 1 amide bonds. The lowest BCUT2D eigenvalue weighted by molar-refractivity contribution is -0.137. The fourth-order valence-electron chi connectivity index (χ4n) is 6.43. The van der Waals surface area contributed by atoms with Gasteiger partial charge in [0.1, 0.15) is 5.82 Å². The van der Waals surface area contributed by atoms with Gasteiger partial charge in [0.25, 0.3) is 0 Å². The smallest absolute Gasteiger partial charge is 0.352 e. The van der Waals surface area contributed by atoms with E-state index in [0.717, 1.165) is 83.0 Å². The highest BCUT2D eigenvalue weighted by atomic mass is 32.1. The molecule has 1 N–H and O–H groups in total. The van der Waals surface area contributed by atoms with Crippen LogP contribution in [0.15, 0.2) is 29.1 Å². The standard InChI is InChI=1S/C27H33F4N3OS/c28-22-13-18(12-21(14-22)27(29,30)31)15-32-25(35)26(20-3-4-20)8-1-2-23(5-9-26)34-10-6-19(7-11-34)24-16-36-17-33-24/h12-14,16-17,19-20,23H,1-11,15H2,(H,32,35)/t23?,26-/m1/s1. The van der Waals surface area contributed by atoms with Crippen LogP contribution < -0.4 is 5.32 Å². The molecule has 2 heterocycles. The van der Waals surface area contributed by atoms with Crippen LogP contribution in [0.25, 0.3) is 0 Å². The number of piperidine rings is 1. The summed E-state index contributed by atoms with van der Waals surface area (Å²) >= 11 is 1.65. The number of likely N-dealkylation sites (tertiary alicyclic amines) is 1. The zero-order valence-corrected chi connectivity index (χ0v) is 21.1. The molecule has 1 unspecified atom stereocenters. The van der Waals surface area contributed by atoms with E-state index < -0.39 is 23.0 Å². The van der Waals surface area contributed by atoms with Gasteiger partial charge in [-0.2, -0.15) is 13.2 Å². The Bertz CT molecular complexity index is 1050. The first-order chi connectivity index (χ1) is 17.2. The predicted molar refractivity (Wildman–Crippen MR) is 131 cm³/mol. The molecule has 196 valence electrons. The summed E-state index contributed by atoms with van der Waals surface area (Å²) in [4.78, 5) is 20.6. The summed E-state index contributed by atoms with van der Waals surface area (Å²) in [5.41, 5.74) is 1.76. The molecule has 3 fully saturated rings. The van der Waals surface area contributed by atoms with Crippen molar-refractivity contribution in [3.63, 3.8) is 0 Å². The third-order valence-electron chi connectivity index (χ3n) is 8.55. The number of nitrogens with zero attached hydrogens (tertiary/aromatic N) is 2. The Hall–Kier alpha value is -2.00. The van der Waals surface area contributed by atoms with E-state index in [1.54, 1.807) is 11.3 Å². The number of rotatable bonds is 6. The minimum atomic E-state index is -4.62. The number of aromatic nitrogens is 1. The molecule has 2 aromatic rings. The maximum Gasteiger partial charge on any atom is 0.416 e. The molecule has 1 saturated heterocycles. The molecular formula is C27H33F4N3OS. The van der Waals surface area contributed by atoms with Crippen molar-refractivity contribution in [2.45, 2.75) is 82.5 Å². The quantitative estimate of drug-likeness (QED) is 0.346. The van der Waals surface area contributed by atoms with Crippen LogP contribution in [0, 0.1) is 17.2 Å². The summed E-state index contributed by atoms with van der Waals surface area (Å²) in [6.45, 7) is 2.01. The molecule has 4 nitrogen and oxygen atoms in total. The summed E-state index contributed by atoms with van der Waals surface area (Å²) in [7, 11) is 0. The fourth-order valence-corrected chi connectivity index (χ4v) is 7.06. The van der Waals surface area contributed by atoms with Crippen LogP contribution >= 0.6 is 11.3 Å². The Balaban J connectivity index is 1.20. The van der Waals surface area contributed by atoms with Crippen LogP contribution in [0.3, 0.4) is 0 Å². The molecule has 0 bridgehead atoms. The molecule has 2 atom stereocenters. The number of hydrogen-bond acceptors (Lipinski definition) is 4. The minimum Gasteiger partial charge on any atom is -0.352 e. The summed E-state index contributed by atoms with van der Waals surface area (Å²) in [6.07, 6.45) is 4.27. The Kier molecular flexibility index (Phi) is 7.41. The lowest BCUT2D eigenvalue weighted by atomic mass is 9.74. The van der Waals surface area contributed by atoms with Crippen molar-refractivity contribution in [3.05, 3.63) is 51.7 Å². The van der Waals surface area contributed by atoms with Crippen molar-refractivity contribution in [1.29, 1.82) is 0 Å². The first-order valence-electron chi connectivity index (χ1n) is 13.0. The van der Waals surface area contributed by atoms with E-state index in [9.17, 15) is 22.4 Å². The van der Waals surface area contributed by atoms with E-state index in [4.69, 9.17) is 0 Å². The van der Waals surface area contributed by atoms with E-state index >= 15 is 0 Å². The molecule has 9 heteroatoms. The van der Waals surface area contributed by atoms with E-state index in [2.05, 4.69) is 20.6 Å². The van der Waals surface area contributed by atoms with Gasteiger partial charge in [0.2, 0.25) is 5.91 Å². The largest absolute Gasteiger partial charge is 0.416 e. The predicted octanol–water partition coefficient (Wildman–Crippen LogP) is 6.53. The monoisotopic (exact) mass is 523 g/mol. The summed E-state index contributed by atoms with van der Waals surface area (Å²) in [6, 6.07) is 2.94. The minimum absolute atomic E-state index is 0.0780. The molecule has 2 saturated carbocycles. The first kappa shape index (κ1) is 25.6. The van der Waals surface area contributed by atoms with Crippen LogP contribution in [0.2, 0.25) is 0 Å². The summed E-state index contributed by atoms with van der Waals surface area (Å²) in [5.74, 6) is -0.146. The van der Waals surface area contributed by atoms with Crippen molar-refractivity contribution < 1.29 is 22.4 Å². The molecule has 2 aliphatic carbocycles. The van der Waals surface area contributed by atoms with Crippen LogP contribution in [-0.4, -0.2) is 34.9 Å². The SMILES string of the molecule is O=C(NCc1cc(F)cc(C(F)(F)F)c1)[C@]1(C2CC2)CCCC(N2CCC(c3cscn3)CC2)CC1. The number of nitrogens with one attached hydrogen (secondary N) is 1. The van der Waals surface area contributed by atoms with Crippen molar-refractivity contribution in [2.75, 3.05) is 13.1 Å². The topological polar surface area (TPSA) is 45.2 Å². The average molecular weight is 524 g/mol. The number of halogens is 4. The molecular weight excluding hydrogens is 490 g/mol. The van der Waals surface area contributed by atoms with Crippen molar-refractivity contribution >= 4 is 17.2 Å². The van der Waals surface area contributed by atoms with Crippen LogP contribution in [0.1, 0.15) is 80.5 Å². The van der Waals surface area contributed by atoms with Crippen molar-refractivity contribution in [2.24, 2.45) is 11.3 Å². The fraction of sp³-hybridized carbons (Fsp3) is 0.630. The van der Waals surface area contributed by atoms with Gasteiger partial charge in [0, 0.05) is 23.9 Å². The first-order valence-corrected chi connectivity index (χ1v) is 14.0. The van der Waals surface area contributed by atoms with Gasteiger partial charge in [-0.15, -0.1) is 11.3 Å². The van der Waals surface area contributed by atoms with Gasteiger partial charge in [-0.1, -0.05) is 6.42 Å². The maximum atomic E-state index is 13.8. The normalized spacial score (nSPS) is 26.5. The molecule has 0 spiro atoms. The van der Waals surface area contributed by atoms with Gasteiger partial charge in [-0.25, -0.2) is 9.37 Å². The molecule has 5 rings (SSSR count). The number of carbonyl (C=O) groups excluding carboxylic acids is 1. The summed E-state index contributed by atoms with van der Waals surface area (Å²) in [5, 5.41) is 5.04. The molecule has 36 heavy (non-hydrogen) atoms. The van der Waals surface area contributed by atoms with Gasteiger partial charge in [-0.3, -0.25) is 4.79 Å². The second kappa shape index (κ2) is 10.4. The molecule has 0 radical (unpaired) electrons. The average Bonchev–Trinajstić information content (AvgIpc) is 3.61. The highest BCUT2D eigenvalue weighted by Gasteiger charge is 2.51. The van der Waals surface area contributed by atoms with Crippen LogP contribution in [0.4, 0.5) is 17.6 Å². The summed E-state index contributed by atoms with van der Waals surface area (Å²) < 4.78 is 53.0. The zero-order valence-electron chi connectivity index (χ0n) is 20.3. The van der Waals surface area contributed by atoms with Crippen molar-refractivity contribution in [3.8, 4) is 0 Å². The van der Waals surface area contributed by atoms with Gasteiger partial charge >= 0.3 is 6.18 Å². The van der Waals surface area contributed by atoms with Gasteiger partial charge in [0.15, 0.2) is 0 Å². The number of carbonyl (C=O) groups is 1. The lowest BCUT2D eigenvalue weighted by Gasteiger charge is -2.37. The Morgan fingerprint density at radius 2 is 1.86 bits per heavy atom. The van der Waals surface area contributed by atoms with E-state index in [-0.39, 0.29) is 18.0 Å². The van der Waals surface area contributed by atoms with E-state index in [1.165, 1.54) is 5.69 Å². The molecule has 3 aliphatic rings. The highest BCUT2D eigenvalue weighted by molar-refractivity contribution is 7.07. The second-order valence-corrected chi connectivity index (χ2v) is 11.5. The molecule has 1 aliphatic heterocycles. The molecule has 1 aromatic carbocycles. The second-order valence-electron chi connectivity index (χ2n) is 10.8. The van der Waals surface area contributed by atoms with Crippen LogP contribution in [-0.2, 0) is 17.5 Å². The van der Waals surface area contributed by atoms with E-state index in [0.29, 0.717) is 23.9 Å². The zero-order chi connectivity index (χ0) is 25.3. The van der Waals surface area contributed by atoms with Gasteiger partial charge < -0.3 is 10.2 Å². The third-order valence-corrected chi connectivity index (χ3v) is 9.15. The number of thiazole rings is 1. The number of benzene rings is 1. The maximum absolute atomic E-state index is 13.8. The molecule has 1 aromatic heterocycles. The van der Waals surface area contributed by atoms with E-state index in [1.807, 2.05) is 5.51 Å². The Morgan fingerprint density at radius 1 is 1.08 bits per heavy atom. The highest BCUT2D eigenvalue weighted by Crippen LogP contribution is 2.53. The number of amides is 1. The number of hydrogen-bond donors (Lipinski definition) is 1. The lowest BCUT2D eigenvalue weighted by Crippen LogP contribution is -2.43.